The quantitative estimate of drug-likeness (QED) is 0.440. The molecule has 0 saturated heterocycles. The van der Waals surface area contributed by atoms with E-state index >= 15 is 0 Å². The van der Waals surface area contributed by atoms with E-state index in [0.29, 0.717) is 16.9 Å². The largest absolute Gasteiger partial charge is 0.462 e. The van der Waals surface area contributed by atoms with Crippen molar-refractivity contribution in [2.75, 3.05) is 18.5 Å². The number of aromatic amines is 1. The van der Waals surface area contributed by atoms with Gasteiger partial charge in [-0.25, -0.2) is 17.9 Å². The van der Waals surface area contributed by atoms with E-state index in [-0.39, 0.29) is 28.5 Å². The average Bonchev–Trinajstić information content (AvgIpc) is 2.95. The van der Waals surface area contributed by atoms with Crippen LogP contribution < -0.4 is 10.0 Å². The van der Waals surface area contributed by atoms with Gasteiger partial charge in [-0.15, -0.1) is 0 Å². The molecule has 1 amide bonds. The summed E-state index contributed by atoms with van der Waals surface area (Å²) in [4.78, 5) is 38.1. The van der Waals surface area contributed by atoms with Crippen LogP contribution in [0.1, 0.15) is 46.0 Å². The first-order valence-electron chi connectivity index (χ1n) is 8.83. The van der Waals surface area contributed by atoms with Gasteiger partial charge in [-0.2, -0.15) is 0 Å². The lowest BCUT2D eigenvalue weighted by atomic mass is 10.1. The fourth-order valence-electron chi connectivity index (χ4n) is 2.77. The summed E-state index contributed by atoms with van der Waals surface area (Å²) in [5.74, 6) is -1.47. The van der Waals surface area contributed by atoms with Crippen molar-refractivity contribution in [3.05, 3.63) is 46.8 Å². The minimum atomic E-state index is -4.16. The highest BCUT2D eigenvalue weighted by Crippen LogP contribution is 2.24. The number of rotatable bonds is 8. The Labute approximate surface area is 168 Å². The number of amides is 1. The van der Waals surface area contributed by atoms with Gasteiger partial charge in [0.15, 0.2) is 5.78 Å². The smallest absolute Gasteiger partial charge is 0.341 e. The molecule has 0 aliphatic heterocycles. The van der Waals surface area contributed by atoms with Gasteiger partial charge in [0.05, 0.1) is 13.2 Å². The van der Waals surface area contributed by atoms with E-state index in [1.807, 2.05) is 0 Å². The summed E-state index contributed by atoms with van der Waals surface area (Å²) >= 11 is 0. The summed E-state index contributed by atoms with van der Waals surface area (Å²) in [6.07, 6.45) is 0. The number of hydrogen-bond donors (Lipinski definition) is 3. The SMILES string of the molecule is CCOC(=O)c1c(C)[nH]c(C)c1S(=O)(=O)NCC(=O)Nc1ccc(C(C)=O)cc1. The predicted molar refractivity (Wildman–Crippen MR) is 106 cm³/mol. The molecule has 0 unspecified atom stereocenters. The number of aryl methyl sites for hydroxylation is 2. The highest BCUT2D eigenvalue weighted by atomic mass is 32.2. The monoisotopic (exact) mass is 421 g/mol. The van der Waals surface area contributed by atoms with Crippen molar-refractivity contribution in [2.45, 2.75) is 32.6 Å². The van der Waals surface area contributed by atoms with Crippen LogP contribution in [0.2, 0.25) is 0 Å². The molecule has 0 radical (unpaired) electrons. The van der Waals surface area contributed by atoms with Crippen LogP contribution in [-0.4, -0.2) is 44.2 Å². The number of carbonyl (C=O) groups is 3. The summed E-state index contributed by atoms with van der Waals surface area (Å²) in [6, 6.07) is 6.20. The maximum atomic E-state index is 12.7. The molecule has 1 aromatic heterocycles. The number of benzene rings is 1. The number of esters is 1. The maximum Gasteiger partial charge on any atom is 0.341 e. The lowest BCUT2D eigenvalue weighted by Gasteiger charge is -2.10. The first-order valence-corrected chi connectivity index (χ1v) is 10.3. The molecule has 10 heteroatoms. The van der Waals surface area contributed by atoms with E-state index in [4.69, 9.17) is 4.74 Å². The number of ketones is 1. The van der Waals surface area contributed by atoms with E-state index in [1.165, 1.54) is 13.8 Å². The van der Waals surface area contributed by atoms with Crippen LogP contribution in [0, 0.1) is 13.8 Å². The van der Waals surface area contributed by atoms with Gasteiger partial charge in [0.1, 0.15) is 10.5 Å². The molecule has 0 aliphatic rings. The van der Waals surface area contributed by atoms with Crippen LogP contribution >= 0.6 is 0 Å². The van der Waals surface area contributed by atoms with Gasteiger partial charge in [-0.05, 0) is 52.0 Å². The van der Waals surface area contributed by atoms with E-state index in [1.54, 1.807) is 38.1 Å². The number of hydrogen-bond acceptors (Lipinski definition) is 6. The molecule has 156 valence electrons. The summed E-state index contributed by atoms with van der Waals surface area (Å²) in [7, 11) is -4.16. The van der Waals surface area contributed by atoms with E-state index < -0.39 is 28.4 Å². The Kier molecular flexibility index (Phi) is 6.93. The van der Waals surface area contributed by atoms with Crippen molar-refractivity contribution in [1.82, 2.24) is 9.71 Å². The van der Waals surface area contributed by atoms with Crippen LogP contribution in [0.5, 0.6) is 0 Å². The second-order valence-corrected chi connectivity index (χ2v) is 8.01. The fourth-order valence-corrected chi connectivity index (χ4v) is 4.19. The zero-order valence-electron chi connectivity index (χ0n) is 16.6. The minimum Gasteiger partial charge on any atom is -0.462 e. The number of aromatic nitrogens is 1. The summed E-state index contributed by atoms with van der Waals surface area (Å²) in [5.41, 5.74) is 1.44. The first kappa shape index (κ1) is 22.3. The van der Waals surface area contributed by atoms with Crippen molar-refractivity contribution in [3.8, 4) is 0 Å². The average molecular weight is 421 g/mol. The van der Waals surface area contributed by atoms with Crippen LogP contribution in [0.4, 0.5) is 5.69 Å². The number of H-pyrrole nitrogens is 1. The molecule has 0 atom stereocenters. The van der Waals surface area contributed by atoms with Gasteiger partial charge in [-0.3, -0.25) is 9.59 Å². The lowest BCUT2D eigenvalue weighted by Crippen LogP contribution is -2.33. The topological polar surface area (TPSA) is 134 Å². The second-order valence-electron chi connectivity index (χ2n) is 6.31. The van der Waals surface area contributed by atoms with Crippen molar-refractivity contribution >= 4 is 33.4 Å². The van der Waals surface area contributed by atoms with Gasteiger partial charge in [0.25, 0.3) is 0 Å². The standard InChI is InChI=1S/C19H23N3O6S/c1-5-28-19(25)17-11(2)21-12(3)18(17)29(26,27)20-10-16(24)22-15-8-6-14(7-9-15)13(4)23/h6-9,20-21H,5,10H2,1-4H3,(H,22,24). The zero-order valence-corrected chi connectivity index (χ0v) is 17.4. The number of nitrogens with one attached hydrogen (secondary N) is 3. The minimum absolute atomic E-state index is 0.0860. The number of sulfonamides is 1. The highest BCUT2D eigenvalue weighted by molar-refractivity contribution is 7.89. The number of anilines is 1. The zero-order chi connectivity index (χ0) is 21.8. The predicted octanol–water partition coefficient (Wildman–Crippen LogP) is 1.93. The molecule has 1 heterocycles. The van der Waals surface area contributed by atoms with Gasteiger partial charge < -0.3 is 15.0 Å². The van der Waals surface area contributed by atoms with E-state index in [2.05, 4.69) is 15.0 Å². The molecular formula is C19H23N3O6S. The molecule has 2 rings (SSSR count). The normalized spacial score (nSPS) is 11.2. The molecule has 3 N–H and O–H groups in total. The molecule has 2 aromatic rings. The highest BCUT2D eigenvalue weighted by Gasteiger charge is 2.30. The lowest BCUT2D eigenvalue weighted by molar-refractivity contribution is -0.115. The molecule has 0 aliphatic carbocycles. The Balaban J connectivity index is 2.13. The van der Waals surface area contributed by atoms with Crippen LogP contribution in [0.15, 0.2) is 29.2 Å². The molecule has 0 bridgehead atoms. The molecule has 0 spiro atoms. The number of ether oxygens (including phenoxy) is 1. The molecular weight excluding hydrogens is 398 g/mol. The Morgan fingerprint density at radius 1 is 1.07 bits per heavy atom. The molecule has 0 fully saturated rings. The Morgan fingerprint density at radius 3 is 2.24 bits per heavy atom. The Hall–Kier alpha value is -2.98. The van der Waals surface area contributed by atoms with Crippen molar-refractivity contribution in [2.24, 2.45) is 0 Å². The third kappa shape index (κ3) is 5.30. The molecule has 1 aromatic carbocycles. The maximum absolute atomic E-state index is 12.7. The third-order valence-corrected chi connectivity index (χ3v) is 5.64. The fraction of sp³-hybridized carbons (Fsp3) is 0.316. The molecule has 29 heavy (non-hydrogen) atoms. The van der Waals surface area contributed by atoms with Crippen molar-refractivity contribution in [3.63, 3.8) is 0 Å². The number of carbonyl (C=O) groups excluding carboxylic acids is 3. The molecule has 9 nitrogen and oxygen atoms in total. The summed E-state index contributed by atoms with van der Waals surface area (Å²) in [5, 5.41) is 2.53. The van der Waals surface area contributed by atoms with Gasteiger partial charge >= 0.3 is 5.97 Å². The van der Waals surface area contributed by atoms with Crippen molar-refractivity contribution in [1.29, 1.82) is 0 Å². The third-order valence-electron chi connectivity index (χ3n) is 4.06. The van der Waals surface area contributed by atoms with E-state index in [9.17, 15) is 22.8 Å². The van der Waals surface area contributed by atoms with Crippen LogP contribution in [-0.2, 0) is 19.6 Å². The van der Waals surface area contributed by atoms with Crippen LogP contribution in [0.25, 0.3) is 0 Å². The van der Waals surface area contributed by atoms with E-state index in [0.717, 1.165) is 0 Å². The van der Waals surface area contributed by atoms with Crippen molar-refractivity contribution < 1.29 is 27.5 Å². The summed E-state index contributed by atoms with van der Waals surface area (Å²) < 4.78 is 32.6. The summed E-state index contributed by atoms with van der Waals surface area (Å²) in [6.45, 7) is 5.68. The Morgan fingerprint density at radius 2 is 1.69 bits per heavy atom. The Bertz CT molecular complexity index is 1040. The molecule has 0 saturated carbocycles. The number of Topliss-reactive ketones (excluding diaryl/α,β-unsaturated/α-hetero) is 1. The van der Waals surface area contributed by atoms with Gasteiger partial charge in [-0.1, -0.05) is 0 Å². The first-order chi connectivity index (χ1) is 13.6. The second kappa shape index (κ2) is 9.01. The van der Waals surface area contributed by atoms with Gasteiger partial charge in [0, 0.05) is 22.6 Å². The van der Waals surface area contributed by atoms with Crippen LogP contribution in [0.3, 0.4) is 0 Å². The van der Waals surface area contributed by atoms with Gasteiger partial charge in [0.2, 0.25) is 15.9 Å².